The standard InChI is InChI=1S/C10H16N2O2/c13-7-9-11-10(14-12-9)8-5-3-1-2-4-6-8/h8,13H,1-7H2. The van der Waals surface area contributed by atoms with Gasteiger partial charge in [0.15, 0.2) is 5.82 Å². The molecule has 0 bridgehead atoms. The van der Waals surface area contributed by atoms with Crippen LogP contribution in [0.2, 0.25) is 0 Å². The summed E-state index contributed by atoms with van der Waals surface area (Å²) in [6.45, 7) is -0.129. The molecule has 0 aliphatic heterocycles. The molecule has 0 aromatic carbocycles. The Morgan fingerprint density at radius 2 is 1.93 bits per heavy atom. The minimum Gasteiger partial charge on any atom is -0.388 e. The van der Waals surface area contributed by atoms with E-state index in [1.165, 1.54) is 25.7 Å². The van der Waals surface area contributed by atoms with Gasteiger partial charge in [-0.2, -0.15) is 4.98 Å². The summed E-state index contributed by atoms with van der Waals surface area (Å²) in [5, 5.41) is 12.5. The lowest BCUT2D eigenvalue weighted by atomic mass is 10.0. The molecule has 0 saturated heterocycles. The van der Waals surface area contributed by atoms with Crippen molar-refractivity contribution in [2.75, 3.05) is 0 Å². The summed E-state index contributed by atoms with van der Waals surface area (Å²) >= 11 is 0. The van der Waals surface area contributed by atoms with Crippen LogP contribution in [-0.4, -0.2) is 15.2 Å². The first kappa shape index (κ1) is 9.65. The molecule has 4 nitrogen and oxygen atoms in total. The van der Waals surface area contributed by atoms with E-state index in [1.54, 1.807) is 0 Å². The maximum absolute atomic E-state index is 8.82. The van der Waals surface area contributed by atoms with Crippen LogP contribution in [0.1, 0.15) is 56.2 Å². The number of aliphatic hydroxyl groups excluding tert-OH is 1. The van der Waals surface area contributed by atoms with Crippen LogP contribution in [0.3, 0.4) is 0 Å². The summed E-state index contributed by atoms with van der Waals surface area (Å²) in [7, 11) is 0. The third kappa shape index (κ3) is 2.12. The predicted molar refractivity (Wildman–Crippen MR) is 50.7 cm³/mol. The van der Waals surface area contributed by atoms with Gasteiger partial charge in [-0.05, 0) is 12.8 Å². The van der Waals surface area contributed by atoms with Crippen molar-refractivity contribution >= 4 is 0 Å². The van der Waals surface area contributed by atoms with Gasteiger partial charge in [-0.25, -0.2) is 0 Å². The van der Waals surface area contributed by atoms with E-state index in [-0.39, 0.29) is 6.61 Å². The molecule has 0 atom stereocenters. The van der Waals surface area contributed by atoms with Crippen LogP contribution in [0.25, 0.3) is 0 Å². The van der Waals surface area contributed by atoms with Crippen molar-refractivity contribution in [3.8, 4) is 0 Å². The summed E-state index contributed by atoms with van der Waals surface area (Å²) in [5.41, 5.74) is 0. The van der Waals surface area contributed by atoms with E-state index in [2.05, 4.69) is 10.1 Å². The number of aromatic nitrogens is 2. The first-order valence-corrected chi connectivity index (χ1v) is 5.33. The molecule has 1 aromatic heterocycles. The smallest absolute Gasteiger partial charge is 0.229 e. The van der Waals surface area contributed by atoms with Crippen LogP contribution in [0, 0.1) is 0 Å². The fourth-order valence-electron chi connectivity index (χ4n) is 2.02. The molecule has 1 heterocycles. The molecule has 0 spiro atoms. The normalized spacial score (nSPS) is 19.5. The second-order valence-corrected chi connectivity index (χ2v) is 3.90. The fourth-order valence-corrected chi connectivity index (χ4v) is 2.02. The van der Waals surface area contributed by atoms with E-state index in [4.69, 9.17) is 9.63 Å². The van der Waals surface area contributed by atoms with Crippen LogP contribution in [0.5, 0.6) is 0 Å². The van der Waals surface area contributed by atoms with Crippen molar-refractivity contribution in [2.24, 2.45) is 0 Å². The third-order valence-corrected chi connectivity index (χ3v) is 2.83. The van der Waals surface area contributed by atoms with Gasteiger partial charge in [0.25, 0.3) is 0 Å². The quantitative estimate of drug-likeness (QED) is 0.735. The number of rotatable bonds is 2. The van der Waals surface area contributed by atoms with Crippen molar-refractivity contribution < 1.29 is 9.63 Å². The van der Waals surface area contributed by atoms with Gasteiger partial charge in [0, 0.05) is 5.92 Å². The lowest BCUT2D eigenvalue weighted by molar-refractivity contribution is 0.261. The van der Waals surface area contributed by atoms with Gasteiger partial charge in [-0.3, -0.25) is 0 Å². The highest BCUT2D eigenvalue weighted by molar-refractivity contribution is 4.93. The van der Waals surface area contributed by atoms with Gasteiger partial charge in [0.2, 0.25) is 5.89 Å². The average Bonchev–Trinajstić information content (AvgIpc) is 2.53. The average molecular weight is 196 g/mol. The molecule has 4 heteroatoms. The molecule has 2 rings (SSSR count). The van der Waals surface area contributed by atoms with Crippen LogP contribution < -0.4 is 0 Å². The molecule has 14 heavy (non-hydrogen) atoms. The lowest BCUT2D eigenvalue weighted by Gasteiger charge is -2.06. The van der Waals surface area contributed by atoms with Crippen LogP contribution in [0.4, 0.5) is 0 Å². The van der Waals surface area contributed by atoms with E-state index in [1.807, 2.05) is 0 Å². The van der Waals surface area contributed by atoms with Crippen LogP contribution in [0.15, 0.2) is 4.52 Å². The topological polar surface area (TPSA) is 59.2 Å². The summed E-state index contributed by atoms with van der Waals surface area (Å²) in [5.74, 6) is 1.55. The zero-order chi connectivity index (χ0) is 9.80. The van der Waals surface area contributed by atoms with Crippen molar-refractivity contribution in [3.63, 3.8) is 0 Å². The van der Waals surface area contributed by atoms with Crippen LogP contribution in [-0.2, 0) is 6.61 Å². The maximum Gasteiger partial charge on any atom is 0.229 e. The van der Waals surface area contributed by atoms with Crippen molar-refractivity contribution in [1.29, 1.82) is 0 Å². The highest BCUT2D eigenvalue weighted by atomic mass is 16.5. The first-order chi connectivity index (χ1) is 6.90. The molecular formula is C10H16N2O2. The minimum atomic E-state index is -0.129. The zero-order valence-electron chi connectivity index (χ0n) is 8.28. The minimum absolute atomic E-state index is 0.129. The molecule has 0 radical (unpaired) electrons. The largest absolute Gasteiger partial charge is 0.388 e. The molecule has 1 aliphatic rings. The van der Waals surface area contributed by atoms with Gasteiger partial charge >= 0.3 is 0 Å². The van der Waals surface area contributed by atoms with Crippen molar-refractivity contribution in [1.82, 2.24) is 10.1 Å². The SMILES string of the molecule is OCc1noc(C2CCCCCC2)n1. The second kappa shape index (κ2) is 4.55. The Hall–Kier alpha value is -0.900. The molecule has 1 aromatic rings. The summed E-state index contributed by atoms with van der Waals surface area (Å²) in [6, 6.07) is 0. The molecule has 1 saturated carbocycles. The second-order valence-electron chi connectivity index (χ2n) is 3.90. The summed E-state index contributed by atoms with van der Waals surface area (Å²) in [4.78, 5) is 4.17. The monoisotopic (exact) mass is 196 g/mol. The fraction of sp³-hybridized carbons (Fsp3) is 0.800. The highest BCUT2D eigenvalue weighted by Gasteiger charge is 2.20. The van der Waals surface area contributed by atoms with Gasteiger partial charge in [0.05, 0.1) is 0 Å². The van der Waals surface area contributed by atoms with Gasteiger partial charge in [-0.1, -0.05) is 30.8 Å². The first-order valence-electron chi connectivity index (χ1n) is 5.33. The Labute approximate surface area is 83.3 Å². The lowest BCUT2D eigenvalue weighted by Crippen LogP contribution is -1.97. The number of nitrogens with zero attached hydrogens (tertiary/aromatic N) is 2. The van der Waals surface area contributed by atoms with Gasteiger partial charge < -0.3 is 9.63 Å². The third-order valence-electron chi connectivity index (χ3n) is 2.83. The summed E-state index contributed by atoms with van der Waals surface area (Å²) in [6.07, 6.45) is 7.43. The van der Waals surface area contributed by atoms with E-state index in [9.17, 15) is 0 Å². The molecule has 1 aliphatic carbocycles. The molecule has 1 fully saturated rings. The maximum atomic E-state index is 8.82. The van der Waals surface area contributed by atoms with Crippen molar-refractivity contribution in [2.45, 2.75) is 51.0 Å². The van der Waals surface area contributed by atoms with E-state index in [0.29, 0.717) is 11.7 Å². The molecule has 0 amide bonds. The Morgan fingerprint density at radius 1 is 1.21 bits per heavy atom. The molecule has 0 unspecified atom stereocenters. The number of hydrogen-bond acceptors (Lipinski definition) is 4. The predicted octanol–water partition coefficient (Wildman–Crippen LogP) is 2.00. The van der Waals surface area contributed by atoms with E-state index >= 15 is 0 Å². The van der Waals surface area contributed by atoms with Crippen LogP contribution >= 0.6 is 0 Å². The van der Waals surface area contributed by atoms with Gasteiger partial charge in [0.1, 0.15) is 6.61 Å². The number of hydrogen-bond donors (Lipinski definition) is 1. The van der Waals surface area contributed by atoms with Crippen molar-refractivity contribution in [3.05, 3.63) is 11.7 Å². The Kier molecular flexibility index (Phi) is 3.14. The Balaban J connectivity index is 2.04. The Morgan fingerprint density at radius 3 is 2.50 bits per heavy atom. The van der Waals surface area contributed by atoms with E-state index in [0.717, 1.165) is 18.7 Å². The summed E-state index contributed by atoms with van der Waals surface area (Å²) < 4.78 is 5.13. The molecular weight excluding hydrogens is 180 g/mol. The number of aliphatic hydroxyl groups is 1. The molecule has 78 valence electrons. The van der Waals surface area contributed by atoms with Gasteiger partial charge in [-0.15, -0.1) is 0 Å². The highest BCUT2D eigenvalue weighted by Crippen LogP contribution is 2.30. The Bertz CT molecular complexity index is 277. The zero-order valence-corrected chi connectivity index (χ0v) is 8.28. The molecule has 1 N–H and O–H groups in total. The van der Waals surface area contributed by atoms with E-state index < -0.39 is 0 Å².